The van der Waals surface area contributed by atoms with Crippen LogP contribution in [0.5, 0.6) is 0 Å². The quantitative estimate of drug-likeness (QED) is 0.549. The summed E-state index contributed by atoms with van der Waals surface area (Å²) >= 11 is 0. The lowest BCUT2D eigenvalue weighted by Crippen LogP contribution is -2.57. The maximum Gasteiger partial charge on any atom is 0.326 e. The van der Waals surface area contributed by atoms with E-state index in [1.165, 1.54) is 11.8 Å². The maximum atomic E-state index is 13.0. The van der Waals surface area contributed by atoms with Crippen LogP contribution in [-0.4, -0.2) is 58.0 Å². The Labute approximate surface area is 160 Å². The molecule has 0 aromatic heterocycles. The van der Waals surface area contributed by atoms with E-state index in [1.807, 2.05) is 0 Å². The van der Waals surface area contributed by atoms with E-state index in [-0.39, 0.29) is 0 Å². The second-order valence-electron chi connectivity index (χ2n) is 9.09. The molecule has 3 unspecified atom stereocenters. The zero-order valence-corrected chi connectivity index (χ0v) is 17.3. The first kappa shape index (κ1) is 22.9. The van der Waals surface area contributed by atoms with Crippen molar-refractivity contribution in [2.75, 3.05) is 6.54 Å². The Balaban J connectivity index is 2.95. The molecule has 0 radical (unpaired) electrons. The van der Waals surface area contributed by atoms with E-state index in [0.29, 0.717) is 19.4 Å². The van der Waals surface area contributed by atoms with Crippen molar-refractivity contribution < 1.29 is 29.0 Å². The molecular weight excluding hydrogens is 352 g/mol. The molecule has 1 heterocycles. The van der Waals surface area contributed by atoms with Crippen molar-refractivity contribution in [3.05, 3.63) is 0 Å². The average Bonchev–Trinajstić information content (AvgIpc) is 2.97. The fourth-order valence-electron chi connectivity index (χ4n) is 2.87. The predicted molar refractivity (Wildman–Crippen MR) is 98.8 cm³/mol. The van der Waals surface area contributed by atoms with Gasteiger partial charge >= 0.3 is 11.9 Å². The van der Waals surface area contributed by atoms with E-state index in [1.54, 1.807) is 41.5 Å². The van der Waals surface area contributed by atoms with Crippen LogP contribution in [0.4, 0.5) is 0 Å². The second-order valence-corrected chi connectivity index (χ2v) is 9.09. The summed E-state index contributed by atoms with van der Waals surface area (Å²) in [6.07, 6.45) is 0.988. The molecule has 2 amide bonds. The molecular formula is C19H32N2O6. The van der Waals surface area contributed by atoms with Crippen molar-refractivity contribution in [3.8, 4) is 0 Å². The van der Waals surface area contributed by atoms with E-state index in [4.69, 9.17) is 4.74 Å². The van der Waals surface area contributed by atoms with Crippen LogP contribution in [0, 0.1) is 11.3 Å². The molecule has 0 bridgehead atoms. The van der Waals surface area contributed by atoms with Gasteiger partial charge in [-0.1, -0.05) is 20.8 Å². The molecule has 2 N–H and O–H groups in total. The lowest BCUT2D eigenvalue weighted by molar-refractivity contribution is -0.162. The summed E-state index contributed by atoms with van der Waals surface area (Å²) in [4.78, 5) is 50.4. The molecule has 1 saturated heterocycles. The Hall–Kier alpha value is -2.12. The Morgan fingerprint density at radius 2 is 1.67 bits per heavy atom. The molecule has 1 fully saturated rings. The van der Waals surface area contributed by atoms with Crippen molar-refractivity contribution in [1.29, 1.82) is 0 Å². The lowest BCUT2D eigenvalue weighted by atomic mass is 9.85. The normalized spacial score (nSPS) is 20.0. The van der Waals surface area contributed by atoms with Gasteiger partial charge in [-0.2, -0.15) is 0 Å². The predicted octanol–water partition coefficient (Wildman–Crippen LogP) is 1.57. The summed E-state index contributed by atoms with van der Waals surface area (Å²) in [5.41, 5.74) is -1.39. The largest absolute Gasteiger partial charge is 0.480 e. The van der Waals surface area contributed by atoms with Gasteiger partial charge in [0.25, 0.3) is 0 Å². The second kappa shape index (κ2) is 8.27. The summed E-state index contributed by atoms with van der Waals surface area (Å²) in [5, 5.41) is 12.0. The Morgan fingerprint density at radius 3 is 2.11 bits per heavy atom. The van der Waals surface area contributed by atoms with Gasteiger partial charge in [-0.3, -0.25) is 14.4 Å². The molecule has 27 heavy (non-hydrogen) atoms. The molecule has 1 aliphatic rings. The van der Waals surface area contributed by atoms with Gasteiger partial charge in [-0.25, -0.2) is 4.79 Å². The maximum absolute atomic E-state index is 13.0. The van der Waals surface area contributed by atoms with Crippen molar-refractivity contribution >= 4 is 23.8 Å². The average molecular weight is 384 g/mol. The van der Waals surface area contributed by atoms with Crippen molar-refractivity contribution in [1.82, 2.24) is 10.2 Å². The molecule has 0 aliphatic carbocycles. The van der Waals surface area contributed by atoms with Gasteiger partial charge in [0.2, 0.25) is 11.8 Å². The molecule has 0 spiro atoms. The SMILES string of the molecule is CC(C(=O)NC(C(=O)N1CCCC1C(=O)O)C(C)(C)C)C(=O)OC(C)(C)C. The standard InChI is InChI=1S/C19H32N2O6/c1-11(17(26)27-19(5,6)7)14(22)20-13(18(2,3)4)15(23)21-10-8-9-12(21)16(24)25/h11-13H,8-10H2,1-7H3,(H,20,22)(H,24,25). The first-order valence-electron chi connectivity index (χ1n) is 9.21. The van der Waals surface area contributed by atoms with Crippen LogP contribution in [0.1, 0.15) is 61.3 Å². The number of carbonyl (C=O) groups excluding carboxylic acids is 3. The number of carboxylic acid groups (broad SMARTS) is 1. The van der Waals surface area contributed by atoms with Gasteiger partial charge in [-0.05, 0) is 46.0 Å². The number of esters is 1. The van der Waals surface area contributed by atoms with E-state index < -0.39 is 52.8 Å². The molecule has 3 atom stereocenters. The zero-order chi connectivity index (χ0) is 21.2. The van der Waals surface area contributed by atoms with Crippen LogP contribution >= 0.6 is 0 Å². The first-order chi connectivity index (χ1) is 12.1. The van der Waals surface area contributed by atoms with Crippen LogP contribution in [0.15, 0.2) is 0 Å². The Morgan fingerprint density at radius 1 is 1.11 bits per heavy atom. The minimum Gasteiger partial charge on any atom is -0.480 e. The van der Waals surface area contributed by atoms with Gasteiger partial charge in [0.05, 0.1) is 0 Å². The van der Waals surface area contributed by atoms with E-state index in [2.05, 4.69) is 5.32 Å². The number of aliphatic carboxylic acids is 1. The highest BCUT2D eigenvalue weighted by atomic mass is 16.6. The third-order valence-electron chi connectivity index (χ3n) is 4.37. The van der Waals surface area contributed by atoms with Crippen LogP contribution in [-0.2, 0) is 23.9 Å². The van der Waals surface area contributed by atoms with Gasteiger partial charge < -0.3 is 20.1 Å². The third-order valence-corrected chi connectivity index (χ3v) is 4.37. The van der Waals surface area contributed by atoms with Gasteiger partial charge in [-0.15, -0.1) is 0 Å². The van der Waals surface area contributed by atoms with Crippen LogP contribution < -0.4 is 5.32 Å². The summed E-state index contributed by atoms with van der Waals surface area (Å²) in [5.74, 6) is -3.89. The molecule has 0 aromatic rings. The Bertz CT molecular complexity index is 602. The minimum atomic E-state index is -1.09. The highest BCUT2D eigenvalue weighted by Crippen LogP contribution is 2.26. The monoisotopic (exact) mass is 384 g/mol. The highest BCUT2D eigenvalue weighted by molar-refractivity contribution is 6.00. The number of hydrogen-bond acceptors (Lipinski definition) is 5. The van der Waals surface area contributed by atoms with E-state index in [9.17, 15) is 24.3 Å². The summed E-state index contributed by atoms with van der Waals surface area (Å²) in [7, 11) is 0. The number of nitrogens with one attached hydrogen (secondary N) is 1. The molecule has 8 heteroatoms. The number of carbonyl (C=O) groups is 4. The molecule has 1 rings (SSSR count). The molecule has 154 valence electrons. The first-order valence-corrected chi connectivity index (χ1v) is 9.21. The topological polar surface area (TPSA) is 113 Å². The van der Waals surface area contributed by atoms with Crippen LogP contribution in [0.3, 0.4) is 0 Å². The van der Waals surface area contributed by atoms with Crippen molar-refractivity contribution in [3.63, 3.8) is 0 Å². The highest BCUT2D eigenvalue weighted by Gasteiger charge is 2.42. The Kier molecular flexibility index (Phi) is 7.02. The summed E-state index contributed by atoms with van der Waals surface area (Å²) in [6, 6.07) is -1.84. The third kappa shape index (κ3) is 6.22. The minimum absolute atomic E-state index is 0.333. The van der Waals surface area contributed by atoms with Crippen molar-refractivity contribution in [2.45, 2.75) is 79.0 Å². The molecule has 1 aliphatic heterocycles. The smallest absolute Gasteiger partial charge is 0.326 e. The number of carboxylic acids is 1. The lowest BCUT2D eigenvalue weighted by Gasteiger charge is -2.35. The number of likely N-dealkylation sites (tertiary alicyclic amines) is 1. The van der Waals surface area contributed by atoms with Gasteiger partial charge in [0.1, 0.15) is 23.6 Å². The zero-order valence-electron chi connectivity index (χ0n) is 17.3. The number of ether oxygens (including phenoxy) is 1. The fraction of sp³-hybridized carbons (Fsp3) is 0.789. The molecule has 0 saturated carbocycles. The number of rotatable bonds is 5. The van der Waals surface area contributed by atoms with Gasteiger partial charge in [0, 0.05) is 6.54 Å². The van der Waals surface area contributed by atoms with E-state index in [0.717, 1.165) is 0 Å². The molecule has 0 aromatic carbocycles. The number of nitrogens with zero attached hydrogens (tertiary/aromatic N) is 1. The van der Waals surface area contributed by atoms with E-state index >= 15 is 0 Å². The summed E-state index contributed by atoms with van der Waals surface area (Å²) in [6.45, 7) is 12.2. The fourth-order valence-corrected chi connectivity index (χ4v) is 2.87. The number of hydrogen-bond donors (Lipinski definition) is 2. The van der Waals surface area contributed by atoms with Crippen LogP contribution in [0.25, 0.3) is 0 Å². The van der Waals surface area contributed by atoms with Gasteiger partial charge in [0.15, 0.2) is 0 Å². The summed E-state index contributed by atoms with van der Waals surface area (Å²) < 4.78 is 5.22. The van der Waals surface area contributed by atoms with Crippen LogP contribution in [0.2, 0.25) is 0 Å². The number of amides is 2. The van der Waals surface area contributed by atoms with Crippen molar-refractivity contribution in [2.24, 2.45) is 11.3 Å². The molecule has 8 nitrogen and oxygen atoms in total.